The zero-order valence-corrected chi connectivity index (χ0v) is 13.1. The molecule has 0 saturated heterocycles. The lowest BCUT2D eigenvalue weighted by molar-refractivity contribution is 0.374. The zero-order chi connectivity index (χ0) is 15.0. The lowest BCUT2D eigenvalue weighted by atomic mass is 10.1. The van der Waals surface area contributed by atoms with E-state index in [1.165, 1.54) is 28.3 Å². The first-order valence-electron chi connectivity index (χ1n) is 6.67. The first kappa shape index (κ1) is 14.5. The molecule has 0 radical (unpaired) electrons. The highest BCUT2D eigenvalue weighted by Gasteiger charge is 2.34. The number of aromatic nitrogens is 1. The Hall–Kier alpha value is -1.43. The Bertz CT molecular complexity index is 777. The molecule has 0 spiro atoms. The summed E-state index contributed by atoms with van der Waals surface area (Å²) in [6, 6.07) is 9.30. The molecule has 1 atom stereocenters. The Morgan fingerprint density at radius 3 is 2.81 bits per heavy atom. The Morgan fingerprint density at radius 1 is 1.29 bits per heavy atom. The number of sulfonamides is 1. The number of hydrogen-bond acceptors (Lipinski definition) is 3. The number of nitrogens with zero attached hydrogens (tertiary/aromatic N) is 2. The normalized spacial score (nSPS) is 18.0. The summed E-state index contributed by atoms with van der Waals surface area (Å²) in [5, 5.41) is 0.197. The molecule has 1 heterocycles. The van der Waals surface area contributed by atoms with Crippen LogP contribution in [0.3, 0.4) is 0 Å². The van der Waals surface area contributed by atoms with Crippen LogP contribution >= 0.6 is 11.6 Å². The van der Waals surface area contributed by atoms with Gasteiger partial charge in [0.15, 0.2) is 0 Å². The third-order valence-electron chi connectivity index (χ3n) is 3.93. The van der Waals surface area contributed by atoms with E-state index in [0.29, 0.717) is 0 Å². The van der Waals surface area contributed by atoms with Crippen molar-refractivity contribution >= 4 is 21.6 Å². The lowest BCUT2D eigenvalue weighted by Crippen LogP contribution is -2.30. The fraction of sp³-hybridized carbons (Fsp3) is 0.267. The molecule has 1 aliphatic rings. The molecular formula is C15H15ClN2O2S. The maximum Gasteiger partial charge on any atom is 0.246 e. The molecule has 2 aromatic rings. The summed E-state index contributed by atoms with van der Waals surface area (Å²) in [4.78, 5) is 3.93. The maximum atomic E-state index is 12.8. The standard InChI is InChI=1S/C15H15ClN2O2S/c1-18(14-7-6-11-4-2-3-5-12(11)14)21(19,20)15-10-17-9-8-13(15)16/h2-5,8-10,14H,6-7H2,1H3. The first-order chi connectivity index (χ1) is 10.0. The summed E-state index contributed by atoms with van der Waals surface area (Å²) >= 11 is 6.01. The number of hydrogen-bond donors (Lipinski definition) is 0. The van der Waals surface area contributed by atoms with E-state index in [0.717, 1.165) is 18.4 Å². The van der Waals surface area contributed by atoms with Gasteiger partial charge in [-0.1, -0.05) is 35.9 Å². The van der Waals surface area contributed by atoms with Crippen molar-refractivity contribution in [3.05, 3.63) is 58.9 Å². The number of rotatable bonds is 3. The van der Waals surface area contributed by atoms with E-state index in [-0.39, 0.29) is 16.0 Å². The van der Waals surface area contributed by atoms with Crippen LogP contribution in [0.2, 0.25) is 5.02 Å². The maximum absolute atomic E-state index is 12.8. The second-order valence-electron chi connectivity index (χ2n) is 5.08. The van der Waals surface area contributed by atoms with Gasteiger partial charge in [-0.05, 0) is 30.0 Å². The van der Waals surface area contributed by atoms with Crippen molar-refractivity contribution in [2.75, 3.05) is 7.05 Å². The zero-order valence-electron chi connectivity index (χ0n) is 11.5. The fourth-order valence-electron chi connectivity index (χ4n) is 2.79. The van der Waals surface area contributed by atoms with Gasteiger partial charge in [-0.15, -0.1) is 0 Å². The van der Waals surface area contributed by atoms with Crippen LogP contribution in [0.4, 0.5) is 0 Å². The Labute approximate surface area is 129 Å². The molecule has 110 valence electrons. The molecule has 0 aliphatic heterocycles. The molecule has 1 unspecified atom stereocenters. The first-order valence-corrected chi connectivity index (χ1v) is 8.49. The topological polar surface area (TPSA) is 50.3 Å². The van der Waals surface area contributed by atoms with Gasteiger partial charge in [-0.3, -0.25) is 4.98 Å². The Kier molecular flexibility index (Phi) is 3.73. The molecule has 1 aromatic carbocycles. The van der Waals surface area contributed by atoms with Gasteiger partial charge in [0.1, 0.15) is 4.90 Å². The van der Waals surface area contributed by atoms with E-state index in [9.17, 15) is 8.42 Å². The van der Waals surface area contributed by atoms with Crippen molar-refractivity contribution in [3.8, 4) is 0 Å². The number of pyridine rings is 1. The van der Waals surface area contributed by atoms with Gasteiger partial charge in [-0.25, -0.2) is 8.42 Å². The van der Waals surface area contributed by atoms with Gasteiger partial charge in [0.2, 0.25) is 10.0 Å². The average Bonchev–Trinajstić information content (AvgIpc) is 2.90. The second-order valence-corrected chi connectivity index (χ2v) is 7.45. The molecule has 0 saturated carbocycles. The van der Waals surface area contributed by atoms with E-state index in [1.54, 1.807) is 7.05 Å². The Morgan fingerprint density at radius 2 is 2.05 bits per heavy atom. The predicted molar refractivity (Wildman–Crippen MR) is 81.7 cm³/mol. The lowest BCUT2D eigenvalue weighted by Gasteiger charge is -2.25. The van der Waals surface area contributed by atoms with Crippen molar-refractivity contribution < 1.29 is 8.42 Å². The highest BCUT2D eigenvalue weighted by molar-refractivity contribution is 7.89. The molecule has 1 aliphatic carbocycles. The number of halogens is 1. The molecule has 4 nitrogen and oxygen atoms in total. The van der Waals surface area contributed by atoms with Gasteiger partial charge in [0.25, 0.3) is 0 Å². The second kappa shape index (κ2) is 5.40. The van der Waals surface area contributed by atoms with E-state index < -0.39 is 10.0 Å². The van der Waals surface area contributed by atoms with Crippen LogP contribution in [-0.2, 0) is 16.4 Å². The van der Waals surface area contributed by atoms with Crippen molar-refractivity contribution in [1.29, 1.82) is 0 Å². The minimum atomic E-state index is -3.66. The van der Waals surface area contributed by atoms with Gasteiger partial charge >= 0.3 is 0 Å². The number of benzene rings is 1. The van der Waals surface area contributed by atoms with Crippen LogP contribution < -0.4 is 0 Å². The third-order valence-corrected chi connectivity index (χ3v) is 6.27. The van der Waals surface area contributed by atoms with Crippen molar-refractivity contribution in [2.45, 2.75) is 23.8 Å². The third kappa shape index (κ3) is 2.46. The van der Waals surface area contributed by atoms with E-state index in [4.69, 9.17) is 11.6 Å². The average molecular weight is 323 g/mol. The number of aryl methyl sites for hydroxylation is 1. The summed E-state index contributed by atoms with van der Waals surface area (Å²) in [5.41, 5.74) is 2.28. The van der Waals surface area contributed by atoms with Gasteiger partial charge in [-0.2, -0.15) is 4.31 Å². The molecule has 0 amide bonds. The van der Waals surface area contributed by atoms with Crippen LogP contribution in [0.1, 0.15) is 23.6 Å². The van der Waals surface area contributed by atoms with Crippen molar-refractivity contribution in [2.24, 2.45) is 0 Å². The van der Waals surface area contributed by atoms with Gasteiger partial charge in [0, 0.05) is 19.4 Å². The Balaban J connectivity index is 2.00. The molecule has 0 N–H and O–H groups in total. The molecule has 1 aromatic heterocycles. The summed E-state index contributed by atoms with van der Waals surface area (Å²) in [7, 11) is -2.05. The smallest absolute Gasteiger partial charge is 0.246 e. The summed E-state index contributed by atoms with van der Waals surface area (Å²) in [6.45, 7) is 0. The van der Waals surface area contributed by atoms with Crippen LogP contribution in [0.25, 0.3) is 0 Å². The molecule has 0 bridgehead atoms. The quantitative estimate of drug-likeness (QED) is 0.872. The largest absolute Gasteiger partial charge is 0.263 e. The van der Waals surface area contributed by atoms with Crippen molar-refractivity contribution in [1.82, 2.24) is 9.29 Å². The van der Waals surface area contributed by atoms with Gasteiger partial charge < -0.3 is 0 Å². The minimum absolute atomic E-state index is 0.0542. The van der Waals surface area contributed by atoms with Gasteiger partial charge in [0.05, 0.1) is 11.1 Å². The van der Waals surface area contributed by atoms with E-state index >= 15 is 0 Å². The highest BCUT2D eigenvalue weighted by atomic mass is 35.5. The number of fused-ring (bicyclic) bond motifs is 1. The summed E-state index contributed by atoms with van der Waals surface area (Å²) in [6.07, 6.45) is 4.45. The van der Waals surface area contributed by atoms with E-state index in [1.807, 2.05) is 24.3 Å². The predicted octanol–water partition coefficient (Wildman–Crippen LogP) is 3.04. The molecule has 0 fully saturated rings. The van der Waals surface area contributed by atoms with Crippen LogP contribution in [-0.4, -0.2) is 24.8 Å². The SMILES string of the molecule is CN(C1CCc2ccccc21)S(=O)(=O)c1cnccc1Cl. The molecule has 21 heavy (non-hydrogen) atoms. The van der Waals surface area contributed by atoms with E-state index in [2.05, 4.69) is 4.98 Å². The molecule has 6 heteroatoms. The van der Waals surface area contributed by atoms with Crippen LogP contribution in [0.15, 0.2) is 47.6 Å². The van der Waals surface area contributed by atoms with Crippen LogP contribution in [0, 0.1) is 0 Å². The summed E-state index contributed by atoms with van der Waals surface area (Å²) < 4.78 is 26.9. The minimum Gasteiger partial charge on any atom is -0.263 e. The summed E-state index contributed by atoms with van der Waals surface area (Å²) in [5.74, 6) is 0. The monoisotopic (exact) mass is 322 g/mol. The van der Waals surface area contributed by atoms with Crippen molar-refractivity contribution in [3.63, 3.8) is 0 Å². The molecule has 3 rings (SSSR count). The highest BCUT2D eigenvalue weighted by Crippen LogP contribution is 2.38. The fourth-order valence-corrected chi connectivity index (χ4v) is 4.56. The molecular weight excluding hydrogens is 308 g/mol. The van der Waals surface area contributed by atoms with Crippen LogP contribution in [0.5, 0.6) is 0 Å².